The fourth-order valence-corrected chi connectivity index (χ4v) is 5.77. The van der Waals surface area contributed by atoms with Crippen molar-refractivity contribution in [3.05, 3.63) is 45.6 Å². The number of carbonyl (C=O) groups excluding carboxylic acids is 1. The Bertz CT molecular complexity index is 880. The summed E-state index contributed by atoms with van der Waals surface area (Å²) in [5, 5.41) is 4.67. The fourth-order valence-electron chi connectivity index (χ4n) is 2.83. The molecule has 0 saturated carbocycles. The van der Waals surface area contributed by atoms with Crippen molar-refractivity contribution >= 4 is 44.6 Å². The molecular formula is C17H19ClN2O3S2. The van der Waals surface area contributed by atoms with E-state index >= 15 is 0 Å². The van der Waals surface area contributed by atoms with Gasteiger partial charge in [0.05, 0.1) is 20.5 Å². The zero-order chi connectivity index (χ0) is 18.0. The molecule has 1 atom stereocenters. The van der Waals surface area contributed by atoms with E-state index in [0.29, 0.717) is 34.6 Å². The molecule has 2 aromatic rings. The van der Waals surface area contributed by atoms with E-state index in [1.165, 1.54) is 15.8 Å². The molecule has 1 amide bonds. The van der Waals surface area contributed by atoms with Crippen molar-refractivity contribution in [1.82, 2.24) is 4.31 Å². The third kappa shape index (κ3) is 4.06. The molecular weight excluding hydrogens is 380 g/mol. The molecule has 134 valence electrons. The van der Waals surface area contributed by atoms with Crippen LogP contribution in [0.1, 0.15) is 29.4 Å². The number of benzene rings is 1. The summed E-state index contributed by atoms with van der Waals surface area (Å²) in [6.07, 6.45) is 1.91. The molecule has 1 aromatic carbocycles. The van der Waals surface area contributed by atoms with E-state index in [2.05, 4.69) is 12.2 Å². The Morgan fingerprint density at radius 1 is 1.36 bits per heavy atom. The molecule has 0 bridgehead atoms. The highest BCUT2D eigenvalue weighted by Gasteiger charge is 2.30. The number of halogens is 1. The summed E-state index contributed by atoms with van der Waals surface area (Å²) in [5.41, 5.74) is 0.497. The quantitative estimate of drug-likeness (QED) is 0.843. The summed E-state index contributed by atoms with van der Waals surface area (Å²) >= 11 is 7.15. The summed E-state index contributed by atoms with van der Waals surface area (Å²) < 4.78 is 27.0. The summed E-state index contributed by atoms with van der Waals surface area (Å²) in [4.78, 5) is 12.9. The first-order valence-electron chi connectivity index (χ1n) is 8.02. The van der Waals surface area contributed by atoms with Crippen LogP contribution in [0, 0.1) is 5.92 Å². The number of hydrogen-bond acceptors (Lipinski definition) is 4. The molecule has 0 radical (unpaired) electrons. The van der Waals surface area contributed by atoms with Crippen LogP contribution >= 0.6 is 22.9 Å². The maximum atomic E-state index is 12.8. The second kappa shape index (κ2) is 7.45. The van der Waals surface area contributed by atoms with Gasteiger partial charge in [-0.05, 0) is 37.0 Å². The first-order chi connectivity index (χ1) is 11.9. The van der Waals surface area contributed by atoms with Crippen molar-refractivity contribution in [3.8, 4) is 0 Å². The predicted octanol–water partition coefficient (Wildman–Crippen LogP) is 4.07. The van der Waals surface area contributed by atoms with Crippen LogP contribution in [-0.2, 0) is 10.0 Å². The lowest BCUT2D eigenvalue weighted by Crippen LogP contribution is -2.38. The van der Waals surface area contributed by atoms with E-state index in [4.69, 9.17) is 11.6 Å². The minimum absolute atomic E-state index is 0.177. The first kappa shape index (κ1) is 18.4. The van der Waals surface area contributed by atoms with Crippen LogP contribution in [0.2, 0.25) is 5.02 Å². The average Bonchev–Trinajstić information content (AvgIpc) is 3.08. The smallest absolute Gasteiger partial charge is 0.265 e. The second-order valence-corrected chi connectivity index (χ2v) is 9.45. The van der Waals surface area contributed by atoms with Gasteiger partial charge in [-0.2, -0.15) is 4.31 Å². The van der Waals surface area contributed by atoms with Gasteiger partial charge >= 0.3 is 0 Å². The number of nitrogens with one attached hydrogen (secondary N) is 1. The zero-order valence-electron chi connectivity index (χ0n) is 13.7. The Hall–Kier alpha value is -1.41. The topological polar surface area (TPSA) is 66.5 Å². The van der Waals surface area contributed by atoms with Gasteiger partial charge in [-0.15, -0.1) is 11.3 Å². The number of hydrogen-bond donors (Lipinski definition) is 1. The lowest BCUT2D eigenvalue weighted by atomic mass is 10.0. The molecule has 1 aliphatic rings. The molecule has 1 aromatic heterocycles. The molecule has 8 heteroatoms. The van der Waals surface area contributed by atoms with Gasteiger partial charge in [0.2, 0.25) is 10.0 Å². The normalized spacial score (nSPS) is 18.9. The van der Waals surface area contributed by atoms with Crippen molar-refractivity contribution < 1.29 is 13.2 Å². The average molecular weight is 399 g/mol. The predicted molar refractivity (Wildman–Crippen MR) is 101 cm³/mol. The Labute approximate surface area is 156 Å². The molecule has 0 spiro atoms. The standard InChI is InChI=1S/C17H19ClN2O3S2/c1-12-5-4-8-20(10-12)25(22,23)13-9-16(24-11-13)17(21)19-15-7-3-2-6-14(15)18/h2-3,6-7,9,11-12H,4-5,8,10H2,1H3,(H,19,21)/t12-/m0/s1. The number of thiophene rings is 1. The third-order valence-electron chi connectivity index (χ3n) is 4.18. The number of sulfonamides is 1. The number of nitrogens with zero attached hydrogens (tertiary/aromatic N) is 1. The highest BCUT2D eigenvalue weighted by atomic mass is 35.5. The molecule has 1 aliphatic heterocycles. The number of piperidine rings is 1. The van der Waals surface area contributed by atoms with Gasteiger partial charge in [0.25, 0.3) is 5.91 Å². The molecule has 2 heterocycles. The summed E-state index contributed by atoms with van der Waals surface area (Å²) in [6, 6.07) is 8.35. The minimum atomic E-state index is -3.55. The lowest BCUT2D eigenvalue weighted by Gasteiger charge is -2.29. The molecule has 1 N–H and O–H groups in total. The maximum absolute atomic E-state index is 12.8. The number of rotatable bonds is 4. The molecule has 25 heavy (non-hydrogen) atoms. The van der Waals surface area contributed by atoms with Crippen LogP contribution in [-0.4, -0.2) is 31.7 Å². The number of amides is 1. The Morgan fingerprint density at radius 2 is 2.12 bits per heavy atom. The number of para-hydroxylation sites is 1. The Kier molecular flexibility index (Phi) is 5.48. The fraction of sp³-hybridized carbons (Fsp3) is 0.353. The summed E-state index contributed by atoms with van der Waals surface area (Å²) in [7, 11) is -3.55. The maximum Gasteiger partial charge on any atom is 0.265 e. The van der Waals surface area contributed by atoms with E-state index in [9.17, 15) is 13.2 Å². The van der Waals surface area contributed by atoms with Crippen molar-refractivity contribution in [2.75, 3.05) is 18.4 Å². The van der Waals surface area contributed by atoms with Crippen molar-refractivity contribution in [2.45, 2.75) is 24.7 Å². The number of carbonyl (C=O) groups is 1. The van der Waals surface area contributed by atoms with E-state index in [1.807, 2.05) is 0 Å². The van der Waals surface area contributed by atoms with E-state index in [-0.39, 0.29) is 10.8 Å². The van der Waals surface area contributed by atoms with Crippen LogP contribution in [0.5, 0.6) is 0 Å². The lowest BCUT2D eigenvalue weighted by molar-refractivity contribution is 0.103. The van der Waals surface area contributed by atoms with Crippen molar-refractivity contribution in [1.29, 1.82) is 0 Å². The second-order valence-electron chi connectivity index (χ2n) is 6.19. The molecule has 1 saturated heterocycles. The van der Waals surface area contributed by atoms with Crippen molar-refractivity contribution in [2.24, 2.45) is 5.92 Å². The number of anilines is 1. The van der Waals surface area contributed by atoms with Crippen LogP contribution in [0.4, 0.5) is 5.69 Å². The molecule has 0 unspecified atom stereocenters. The molecule has 0 aliphatic carbocycles. The van der Waals surface area contributed by atoms with E-state index < -0.39 is 10.0 Å². The largest absolute Gasteiger partial charge is 0.320 e. The first-order valence-corrected chi connectivity index (χ1v) is 10.7. The van der Waals surface area contributed by atoms with Gasteiger partial charge in [-0.1, -0.05) is 30.7 Å². The van der Waals surface area contributed by atoms with Crippen LogP contribution in [0.25, 0.3) is 0 Å². The minimum Gasteiger partial charge on any atom is -0.320 e. The van der Waals surface area contributed by atoms with Crippen molar-refractivity contribution in [3.63, 3.8) is 0 Å². The van der Waals surface area contributed by atoms with Crippen LogP contribution in [0.3, 0.4) is 0 Å². The summed E-state index contributed by atoms with van der Waals surface area (Å²) in [5.74, 6) is -0.0169. The zero-order valence-corrected chi connectivity index (χ0v) is 16.1. The SMILES string of the molecule is C[C@H]1CCCN(S(=O)(=O)c2csc(C(=O)Nc3ccccc3Cl)c2)C1. The highest BCUT2D eigenvalue weighted by molar-refractivity contribution is 7.89. The third-order valence-corrected chi connectivity index (χ3v) is 7.43. The van der Waals surface area contributed by atoms with Crippen LogP contribution in [0.15, 0.2) is 40.6 Å². The van der Waals surface area contributed by atoms with E-state index in [1.54, 1.807) is 24.3 Å². The van der Waals surface area contributed by atoms with Gasteiger partial charge < -0.3 is 5.32 Å². The molecule has 1 fully saturated rings. The van der Waals surface area contributed by atoms with Gasteiger partial charge in [-0.3, -0.25) is 4.79 Å². The Morgan fingerprint density at radius 3 is 2.84 bits per heavy atom. The van der Waals surface area contributed by atoms with Gasteiger partial charge in [0, 0.05) is 18.5 Å². The van der Waals surface area contributed by atoms with Gasteiger partial charge in [0.1, 0.15) is 0 Å². The van der Waals surface area contributed by atoms with Crippen LogP contribution < -0.4 is 5.32 Å². The van der Waals surface area contributed by atoms with Gasteiger partial charge in [-0.25, -0.2) is 8.42 Å². The summed E-state index contributed by atoms with van der Waals surface area (Å²) in [6.45, 7) is 3.11. The molecule has 5 nitrogen and oxygen atoms in total. The monoisotopic (exact) mass is 398 g/mol. The molecule has 3 rings (SSSR count). The van der Waals surface area contributed by atoms with E-state index in [0.717, 1.165) is 24.2 Å². The van der Waals surface area contributed by atoms with Gasteiger partial charge in [0.15, 0.2) is 0 Å². The Balaban J connectivity index is 1.77. The highest BCUT2D eigenvalue weighted by Crippen LogP contribution is 2.28.